The minimum atomic E-state index is -0.201. The molecule has 1 atom stereocenters. The van der Waals surface area contributed by atoms with E-state index in [0.717, 1.165) is 42.9 Å². The van der Waals surface area contributed by atoms with Crippen molar-refractivity contribution < 1.29 is 9.13 Å². The van der Waals surface area contributed by atoms with Crippen LogP contribution in [0.1, 0.15) is 24.2 Å². The Morgan fingerprint density at radius 1 is 1.22 bits per heavy atom. The molecule has 0 N–H and O–H groups in total. The van der Waals surface area contributed by atoms with Crippen LogP contribution in [0.5, 0.6) is 0 Å². The standard InChI is InChI=1S/C18H18FN3O/c19-15-7-2-1-5-13(15)12-22-17(11-14-6-4-10-23-14)21-16-8-3-9-20-18(16)22/h1-3,5,7-9,14H,4,6,10-12H2. The Morgan fingerprint density at radius 2 is 2.13 bits per heavy atom. The number of pyridine rings is 1. The SMILES string of the molecule is Fc1ccccc1Cn1c(CC2CCCO2)nc2cccnc21. The van der Waals surface area contributed by atoms with Crippen molar-refractivity contribution in [3.63, 3.8) is 0 Å². The second-order valence-electron chi connectivity index (χ2n) is 5.89. The number of rotatable bonds is 4. The van der Waals surface area contributed by atoms with E-state index in [1.807, 2.05) is 22.8 Å². The van der Waals surface area contributed by atoms with Gasteiger partial charge in [0.25, 0.3) is 0 Å². The molecule has 1 aromatic carbocycles. The van der Waals surface area contributed by atoms with Gasteiger partial charge in [-0.15, -0.1) is 0 Å². The van der Waals surface area contributed by atoms with Gasteiger partial charge in [0, 0.05) is 24.8 Å². The number of nitrogens with zero attached hydrogens (tertiary/aromatic N) is 3. The Labute approximate surface area is 133 Å². The largest absolute Gasteiger partial charge is 0.378 e. The monoisotopic (exact) mass is 311 g/mol. The number of benzene rings is 1. The van der Waals surface area contributed by atoms with Gasteiger partial charge in [0.1, 0.15) is 17.2 Å². The van der Waals surface area contributed by atoms with E-state index in [1.54, 1.807) is 18.3 Å². The Kier molecular flexibility index (Phi) is 3.79. The molecule has 4 rings (SSSR count). The van der Waals surface area contributed by atoms with Gasteiger partial charge < -0.3 is 9.30 Å². The van der Waals surface area contributed by atoms with E-state index < -0.39 is 0 Å². The first kappa shape index (κ1) is 14.3. The molecule has 0 radical (unpaired) electrons. The smallest absolute Gasteiger partial charge is 0.160 e. The summed E-state index contributed by atoms with van der Waals surface area (Å²) in [7, 11) is 0. The van der Waals surface area contributed by atoms with Crippen LogP contribution in [0.3, 0.4) is 0 Å². The highest BCUT2D eigenvalue weighted by molar-refractivity contribution is 5.71. The minimum absolute atomic E-state index is 0.200. The van der Waals surface area contributed by atoms with E-state index in [-0.39, 0.29) is 11.9 Å². The summed E-state index contributed by atoms with van der Waals surface area (Å²) in [5.74, 6) is 0.710. The van der Waals surface area contributed by atoms with Gasteiger partial charge in [-0.05, 0) is 31.0 Å². The van der Waals surface area contributed by atoms with E-state index >= 15 is 0 Å². The van der Waals surface area contributed by atoms with E-state index in [2.05, 4.69) is 4.98 Å². The highest BCUT2D eigenvalue weighted by Gasteiger charge is 2.21. The highest BCUT2D eigenvalue weighted by atomic mass is 19.1. The van der Waals surface area contributed by atoms with Gasteiger partial charge in [-0.2, -0.15) is 0 Å². The summed E-state index contributed by atoms with van der Waals surface area (Å²) in [6.45, 7) is 1.25. The molecule has 0 spiro atoms. The molecule has 3 aromatic rings. The van der Waals surface area contributed by atoms with Crippen molar-refractivity contribution in [2.24, 2.45) is 0 Å². The van der Waals surface area contributed by atoms with Crippen LogP contribution in [-0.4, -0.2) is 27.2 Å². The lowest BCUT2D eigenvalue weighted by Crippen LogP contribution is -2.15. The van der Waals surface area contributed by atoms with Gasteiger partial charge in [-0.1, -0.05) is 18.2 Å². The fourth-order valence-electron chi connectivity index (χ4n) is 3.13. The Hall–Kier alpha value is -2.27. The Morgan fingerprint density at radius 3 is 2.96 bits per heavy atom. The van der Waals surface area contributed by atoms with Crippen LogP contribution in [0.15, 0.2) is 42.6 Å². The lowest BCUT2D eigenvalue weighted by molar-refractivity contribution is 0.109. The van der Waals surface area contributed by atoms with Crippen LogP contribution in [0.2, 0.25) is 0 Å². The Balaban J connectivity index is 1.74. The zero-order valence-corrected chi connectivity index (χ0v) is 12.8. The predicted octanol–water partition coefficient (Wildman–Crippen LogP) is 3.34. The van der Waals surface area contributed by atoms with Crippen LogP contribution in [0.4, 0.5) is 4.39 Å². The number of hydrogen-bond donors (Lipinski definition) is 0. The topological polar surface area (TPSA) is 39.9 Å². The number of hydrogen-bond acceptors (Lipinski definition) is 3. The summed E-state index contributed by atoms with van der Waals surface area (Å²) in [6, 6.07) is 10.7. The first-order valence-electron chi connectivity index (χ1n) is 7.96. The van der Waals surface area contributed by atoms with Crippen molar-refractivity contribution in [2.75, 3.05) is 6.61 Å². The first-order chi connectivity index (χ1) is 11.3. The van der Waals surface area contributed by atoms with Gasteiger partial charge in [0.2, 0.25) is 0 Å². The zero-order chi connectivity index (χ0) is 15.6. The average molecular weight is 311 g/mol. The summed E-state index contributed by atoms with van der Waals surface area (Å²) < 4.78 is 21.8. The van der Waals surface area contributed by atoms with E-state index in [0.29, 0.717) is 12.1 Å². The molecule has 5 heteroatoms. The number of ether oxygens (including phenoxy) is 1. The van der Waals surface area contributed by atoms with Gasteiger partial charge >= 0.3 is 0 Å². The molecule has 1 aliphatic rings. The summed E-state index contributed by atoms with van der Waals surface area (Å²) in [5.41, 5.74) is 2.28. The third kappa shape index (κ3) is 2.84. The van der Waals surface area contributed by atoms with Crippen LogP contribution in [0.25, 0.3) is 11.2 Å². The van der Waals surface area contributed by atoms with E-state index in [4.69, 9.17) is 9.72 Å². The van der Waals surface area contributed by atoms with Crippen molar-refractivity contribution in [2.45, 2.75) is 31.9 Å². The highest BCUT2D eigenvalue weighted by Crippen LogP contribution is 2.22. The molecule has 0 amide bonds. The van der Waals surface area contributed by atoms with E-state index in [1.165, 1.54) is 6.07 Å². The molecule has 1 aliphatic heterocycles. The lowest BCUT2D eigenvalue weighted by atomic mass is 10.1. The van der Waals surface area contributed by atoms with Crippen LogP contribution >= 0.6 is 0 Å². The molecule has 0 saturated carbocycles. The van der Waals surface area contributed by atoms with E-state index in [9.17, 15) is 4.39 Å². The van der Waals surface area contributed by atoms with Crippen molar-refractivity contribution in [3.8, 4) is 0 Å². The first-order valence-corrected chi connectivity index (χ1v) is 7.96. The van der Waals surface area contributed by atoms with Crippen molar-refractivity contribution >= 4 is 11.2 Å². The summed E-state index contributed by atoms with van der Waals surface area (Å²) in [5, 5.41) is 0. The molecule has 0 aliphatic carbocycles. The molecule has 1 unspecified atom stereocenters. The molecule has 3 heterocycles. The molecular formula is C18H18FN3O. The summed E-state index contributed by atoms with van der Waals surface area (Å²) in [4.78, 5) is 9.14. The number of fused-ring (bicyclic) bond motifs is 1. The molecule has 23 heavy (non-hydrogen) atoms. The molecule has 2 aromatic heterocycles. The van der Waals surface area contributed by atoms with Crippen molar-refractivity contribution in [1.29, 1.82) is 0 Å². The quantitative estimate of drug-likeness (QED) is 0.742. The fourth-order valence-corrected chi connectivity index (χ4v) is 3.13. The minimum Gasteiger partial charge on any atom is -0.378 e. The van der Waals surface area contributed by atoms with Crippen molar-refractivity contribution in [3.05, 3.63) is 59.8 Å². The van der Waals surface area contributed by atoms with Gasteiger partial charge in [-0.3, -0.25) is 0 Å². The van der Waals surface area contributed by atoms with Gasteiger partial charge in [0.15, 0.2) is 5.65 Å². The Bertz CT molecular complexity index is 824. The molecule has 1 saturated heterocycles. The van der Waals surface area contributed by atoms with Gasteiger partial charge in [-0.25, -0.2) is 14.4 Å². The number of aromatic nitrogens is 3. The maximum absolute atomic E-state index is 14.0. The maximum atomic E-state index is 14.0. The molecule has 1 fully saturated rings. The van der Waals surface area contributed by atoms with Crippen LogP contribution in [-0.2, 0) is 17.7 Å². The fraction of sp³-hybridized carbons (Fsp3) is 0.333. The molecule has 4 nitrogen and oxygen atoms in total. The van der Waals surface area contributed by atoms with Gasteiger partial charge in [0.05, 0.1) is 12.6 Å². The number of imidazole rings is 1. The average Bonchev–Trinajstić information content (AvgIpc) is 3.19. The normalized spacial score (nSPS) is 17.9. The predicted molar refractivity (Wildman–Crippen MR) is 85.7 cm³/mol. The lowest BCUT2D eigenvalue weighted by Gasteiger charge is -2.12. The summed E-state index contributed by atoms with van der Waals surface area (Å²) in [6.07, 6.45) is 4.83. The third-order valence-electron chi connectivity index (χ3n) is 4.30. The molecule has 118 valence electrons. The summed E-state index contributed by atoms with van der Waals surface area (Å²) >= 11 is 0. The molecule has 0 bridgehead atoms. The second-order valence-corrected chi connectivity index (χ2v) is 5.89. The second kappa shape index (κ2) is 6.08. The third-order valence-corrected chi connectivity index (χ3v) is 4.30. The van der Waals surface area contributed by atoms with Crippen molar-refractivity contribution in [1.82, 2.24) is 14.5 Å². The zero-order valence-electron chi connectivity index (χ0n) is 12.8. The maximum Gasteiger partial charge on any atom is 0.160 e. The molecular weight excluding hydrogens is 293 g/mol. The number of halogens is 1. The van der Waals surface area contributed by atoms with Crippen LogP contribution in [0, 0.1) is 5.82 Å². The van der Waals surface area contributed by atoms with Crippen LogP contribution < -0.4 is 0 Å².